The van der Waals surface area contributed by atoms with Crippen LogP contribution in [-0.2, 0) is 6.54 Å². The highest BCUT2D eigenvalue weighted by Gasteiger charge is 2.20. The Bertz CT molecular complexity index is 501. The van der Waals surface area contributed by atoms with Gasteiger partial charge in [-0.25, -0.2) is 0 Å². The molecule has 0 saturated heterocycles. The van der Waals surface area contributed by atoms with Crippen molar-refractivity contribution in [3.8, 4) is 0 Å². The third-order valence-corrected chi connectivity index (χ3v) is 3.67. The van der Waals surface area contributed by atoms with E-state index >= 15 is 0 Å². The molecule has 21 heavy (non-hydrogen) atoms. The Balaban J connectivity index is 2.69. The van der Waals surface area contributed by atoms with Gasteiger partial charge in [-0.15, -0.1) is 0 Å². The summed E-state index contributed by atoms with van der Waals surface area (Å²) < 4.78 is 0. The summed E-state index contributed by atoms with van der Waals surface area (Å²) in [5.74, 6) is 0. The molecule has 1 aromatic heterocycles. The predicted octanol–water partition coefficient (Wildman–Crippen LogP) is 2.49. The van der Waals surface area contributed by atoms with Crippen molar-refractivity contribution in [3.05, 3.63) is 33.1 Å². The average molecular weight is 295 g/mol. The topological polar surface area (TPSA) is 88.3 Å². The molecule has 118 valence electrons. The summed E-state index contributed by atoms with van der Waals surface area (Å²) in [4.78, 5) is 15.0. The highest BCUT2D eigenvalue weighted by atomic mass is 16.6. The van der Waals surface area contributed by atoms with E-state index in [9.17, 15) is 10.1 Å². The van der Waals surface area contributed by atoms with Crippen molar-refractivity contribution in [3.63, 3.8) is 0 Å². The van der Waals surface area contributed by atoms with E-state index in [1.54, 1.807) is 20.0 Å². The molecule has 0 radical (unpaired) electrons. The minimum Gasteiger partial charge on any atom is -0.396 e. The quantitative estimate of drug-likeness (QED) is 0.568. The van der Waals surface area contributed by atoms with Crippen LogP contribution in [0.2, 0.25) is 0 Å². The lowest BCUT2D eigenvalue weighted by molar-refractivity contribution is -0.386. The first-order valence-electron chi connectivity index (χ1n) is 7.19. The van der Waals surface area contributed by atoms with Gasteiger partial charge in [0.05, 0.1) is 10.6 Å². The molecule has 0 atom stereocenters. The van der Waals surface area contributed by atoms with Crippen LogP contribution in [0.15, 0.2) is 6.20 Å². The zero-order chi connectivity index (χ0) is 16.0. The minimum atomic E-state index is -0.346. The van der Waals surface area contributed by atoms with Gasteiger partial charge < -0.3 is 10.4 Å². The van der Waals surface area contributed by atoms with E-state index in [0.29, 0.717) is 23.4 Å². The van der Waals surface area contributed by atoms with Crippen molar-refractivity contribution in [2.45, 2.75) is 47.1 Å². The first-order chi connectivity index (χ1) is 9.78. The van der Waals surface area contributed by atoms with Gasteiger partial charge >= 0.3 is 0 Å². The molecule has 0 fully saturated rings. The van der Waals surface area contributed by atoms with Gasteiger partial charge in [-0.05, 0) is 32.1 Å². The van der Waals surface area contributed by atoms with Crippen LogP contribution in [0.5, 0.6) is 0 Å². The number of nitrogens with one attached hydrogen (secondary N) is 1. The normalized spacial score (nSPS) is 11.7. The van der Waals surface area contributed by atoms with Gasteiger partial charge in [-0.2, -0.15) is 0 Å². The number of aromatic nitrogens is 1. The van der Waals surface area contributed by atoms with Gasteiger partial charge in [0.1, 0.15) is 0 Å². The number of pyridine rings is 1. The summed E-state index contributed by atoms with van der Waals surface area (Å²) in [6.45, 7) is 9.19. The number of rotatable bonds is 8. The number of hydrogen-bond donors (Lipinski definition) is 2. The Morgan fingerprint density at radius 3 is 2.67 bits per heavy atom. The first-order valence-corrected chi connectivity index (χ1v) is 7.19. The van der Waals surface area contributed by atoms with Crippen molar-refractivity contribution in [2.75, 3.05) is 13.2 Å². The van der Waals surface area contributed by atoms with Crippen LogP contribution < -0.4 is 5.32 Å². The molecule has 6 nitrogen and oxygen atoms in total. The van der Waals surface area contributed by atoms with E-state index in [0.717, 1.165) is 19.4 Å². The van der Waals surface area contributed by atoms with Gasteiger partial charge in [0.2, 0.25) is 0 Å². The Hall–Kier alpha value is -1.53. The van der Waals surface area contributed by atoms with Gasteiger partial charge in [0, 0.05) is 37.0 Å². The molecule has 0 aliphatic heterocycles. The highest BCUT2D eigenvalue weighted by Crippen LogP contribution is 2.24. The monoisotopic (exact) mass is 295 g/mol. The average Bonchev–Trinajstić information content (AvgIpc) is 2.39. The first kappa shape index (κ1) is 17.5. The number of aliphatic hydroxyl groups is 1. The van der Waals surface area contributed by atoms with E-state index in [1.165, 1.54) is 0 Å². The fourth-order valence-electron chi connectivity index (χ4n) is 2.39. The summed E-state index contributed by atoms with van der Waals surface area (Å²) >= 11 is 0. The van der Waals surface area contributed by atoms with Crippen LogP contribution in [0.25, 0.3) is 0 Å². The number of hydrogen-bond acceptors (Lipinski definition) is 5. The molecule has 0 aromatic carbocycles. The standard InChI is InChI=1S/C15H25N3O3/c1-11-8-17-13(12(2)14(11)18(20)21)9-16-10-15(3,4)6-5-7-19/h8,16,19H,5-7,9-10H2,1-4H3. The fraction of sp³-hybridized carbons (Fsp3) is 0.667. The van der Waals surface area contributed by atoms with Gasteiger partial charge in [-0.1, -0.05) is 13.8 Å². The molecule has 1 heterocycles. The molecule has 1 aromatic rings. The zero-order valence-corrected chi connectivity index (χ0v) is 13.3. The molecule has 0 aliphatic rings. The van der Waals surface area contributed by atoms with E-state index in [1.807, 2.05) is 0 Å². The predicted molar refractivity (Wildman–Crippen MR) is 82.2 cm³/mol. The van der Waals surface area contributed by atoms with Crippen LogP contribution in [0.1, 0.15) is 43.5 Å². The lowest BCUT2D eigenvalue weighted by Crippen LogP contribution is -2.29. The summed E-state index contributed by atoms with van der Waals surface area (Å²) in [6, 6.07) is 0. The molecule has 2 N–H and O–H groups in total. The molecule has 0 unspecified atom stereocenters. The van der Waals surface area contributed by atoms with E-state index in [-0.39, 0.29) is 22.6 Å². The third kappa shape index (κ3) is 5.06. The van der Waals surface area contributed by atoms with Gasteiger partial charge in [0.25, 0.3) is 5.69 Å². The van der Waals surface area contributed by atoms with Crippen molar-refractivity contribution < 1.29 is 10.0 Å². The Kier molecular flexibility index (Phi) is 6.23. The smallest absolute Gasteiger partial charge is 0.278 e. The molecule has 0 amide bonds. The van der Waals surface area contributed by atoms with Crippen LogP contribution in [-0.4, -0.2) is 28.2 Å². The number of nitrogens with zero attached hydrogens (tertiary/aromatic N) is 2. The van der Waals surface area contributed by atoms with Crippen molar-refractivity contribution in [1.29, 1.82) is 0 Å². The highest BCUT2D eigenvalue weighted by molar-refractivity contribution is 5.47. The van der Waals surface area contributed by atoms with Crippen molar-refractivity contribution in [2.24, 2.45) is 5.41 Å². The second-order valence-corrected chi connectivity index (χ2v) is 6.21. The van der Waals surface area contributed by atoms with Crippen LogP contribution >= 0.6 is 0 Å². The summed E-state index contributed by atoms with van der Waals surface area (Å²) in [6.07, 6.45) is 3.26. The van der Waals surface area contributed by atoms with E-state index in [4.69, 9.17) is 5.11 Å². The second kappa shape index (κ2) is 7.47. The number of aliphatic hydroxyl groups excluding tert-OH is 1. The van der Waals surface area contributed by atoms with E-state index < -0.39 is 0 Å². The largest absolute Gasteiger partial charge is 0.396 e. The number of aryl methyl sites for hydroxylation is 1. The lowest BCUT2D eigenvalue weighted by Gasteiger charge is -2.24. The number of nitro groups is 1. The third-order valence-electron chi connectivity index (χ3n) is 3.67. The van der Waals surface area contributed by atoms with Gasteiger partial charge in [0.15, 0.2) is 0 Å². The molecule has 6 heteroatoms. The maximum absolute atomic E-state index is 11.1. The lowest BCUT2D eigenvalue weighted by atomic mass is 9.88. The molecule has 0 spiro atoms. The molecular weight excluding hydrogens is 270 g/mol. The van der Waals surface area contributed by atoms with E-state index in [2.05, 4.69) is 24.1 Å². The van der Waals surface area contributed by atoms with Crippen molar-refractivity contribution >= 4 is 5.69 Å². The Labute approximate surface area is 125 Å². The Morgan fingerprint density at radius 1 is 1.43 bits per heavy atom. The van der Waals surface area contributed by atoms with Crippen molar-refractivity contribution in [1.82, 2.24) is 10.3 Å². The minimum absolute atomic E-state index is 0.0767. The molecule has 0 bridgehead atoms. The van der Waals surface area contributed by atoms with Crippen LogP contribution in [0.3, 0.4) is 0 Å². The fourth-order valence-corrected chi connectivity index (χ4v) is 2.39. The molecular formula is C15H25N3O3. The molecule has 0 saturated carbocycles. The zero-order valence-electron chi connectivity index (χ0n) is 13.3. The maximum atomic E-state index is 11.1. The van der Waals surface area contributed by atoms with Crippen LogP contribution in [0, 0.1) is 29.4 Å². The second-order valence-electron chi connectivity index (χ2n) is 6.21. The Morgan fingerprint density at radius 2 is 2.10 bits per heavy atom. The maximum Gasteiger partial charge on any atom is 0.278 e. The van der Waals surface area contributed by atoms with Crippen LogP contribution in [0.4, 0.5) is 5.69 Å². The molecule has 0 aliphatic carbocycles. The molecule has 1 rings (SSSR count). The SMILES string of the molecule is Cc1cnc(CNCC(C)(C)CCCO)c(C)c1[N+](=O)[O-]. The summed E-state index contributed by atoms with van der Waals surface area (Å²) in [7, 11) is 0. The summed E-state index contributed by atoms with van der Waals surface area (Å²) in [5.41, 5.74) is 2.16. The van der Waals surface area contributed by atoms with Gasteiger partial charge in [-0.3, -0.25) is 15.1 Å². The summed E-state index contributed by atoms with van der Waals surface area (Å²) in [5, 5.41) is 23.3.